The standard InChI is InChI=1S/C19H24N2O2/c1-20-8-7-12-11-15(20)17-13-5-3-4-6-14(13)21(2)18(17)16(12)19-22-9-10-23-19/h3-6,12,15-16,19H,7-11H2,1-2H3/t12-,15+,16-/m0/s1. The number of hydrogen-bond acceptors (Lipinski definition) is 3. The number of para-hydroxylation sites is 1. The van der Waals surface area contributed by atoms with Crippen LogP contribution in [0.25, 0.3) is 10.9 Å². The van der Waals surface area contributed by atoms with Gasteiger partial charge in [-0.2, -0.15) is 0 Å². The highest BCUT2D eigenvalue weighted by molar-refractivity contribution is 5.86. The molecular weight excluding hydrogens is 288 g/mol. The third-order valence-electron chi connectivity index (χ3n) is 6.20. The number of rotatable bonds is 1. The van der Waals surface area contributed by atoms with Gasteiger partial charge in [0.1, 0.15) is 0 Å². The van der Waals surface area contributed by atoms with Crippen molar-refractivity contribution in [1.29, 1.82) is 0 Å². The van der Waals surface area contributed by atoms with Crippen LogP contribution in [0.1, 0.15) is 36.1 Å². The minimum atomic E-state index is -0.0638. The summed E-state index contributed by atoms with van der Waals surface area (Å²) in [7, 11) is 4.49. The number of likely N-dealkylation sites (tertiary alicyclic amines) is 1. The van der Waals surface area contributed by atoms with Gasteiger partial charge in [-0.25, -0.2) is 0 Å². The minimum Gasteiger partial charge on any atom is -0.350 e. The molecule has 1 aliphatic carbocycles. The number of aryl methyl sites for hydroxylation is 1. The van der Waals surface area contributed by atoms with Crippen molar-refractivity contribution in [3.63, 3.8) is 0 Å². The third-order valence-corrected chi connectivity index (χ3v) is 6.20. The van der Waals surface area contributed by atoms with Gasteiger partial charge in [0, 0.05) is 29.7 Å². The van der Waals surface area contributed by atoms with Gasteiger partial charge in [0.15, 0.2) is 6.29 Å². The van der Waals surface area contributed by atoms with Gasteiger partial charge in [0.05, 0.1) is 19.1 Å². The zero-order valence-corrected chi connectivity index (χ0v) is 13.9. The van der Waals surface area contributed by atoms with E-state index in [2.05, 4.69) is 47.8 Å². The van der Waals surface area contributed by atoms with Crippen LogP contribution in [0, 0.1) is 5.92 Å². The van der Waals surface area contributed by atoms with Crippen molar-refractivity contribution in [3.05, 3.63) is 35.5 Å². The molecule has 0 amide bonds. The molecule has 3 atom stereocenters. The maximum atomic E-state index is 5.97. The summed E-state index contributed by atoms with van der Waals surface area (Å²) in [6.45, 7) is 2.63. The molecule has 0 radical (unpaired) electrons. The second kappa shape index (κ2) is 5.07. The minimum absolute atomic E-state index is 0.0638. The first-order chi connectivity index (χ1) is 11.3. The second-order valence-electron chi connectivity index (χ2n) is 7.29. The predicted molar refractivity (Wildman–Crippen MR) is 89.4 cm³/mol. The molecule has 2 saturated heterocycles. The molecule has 0 unspecified atom stereocenters. The van der Waals surface area contributed by atoms with E-state index in [1.807, 2.05) is 0 Å². The molecule has 2 bridgehead atoms. The van der Waals surface area contributed by atoms with E-state index in [0.29, 0.717) is 17.9 Å². The highest BCUT2D eigenvalue weighted by atomic mass is 16.7. The molecule has 0 spiro atoms. The first-order valence-corrected chi connectivity index (χ1v) is 8.76. The smallest absolute Gasteiger partial charge is 0.166 e. The van der Waals surface area contributed by atoms with Crippen molar-refractivity contribution >= 4 is 10.9 Å². The average molecular weight is 312 g/mol. The molecule has 0 N–H and O–H groups in total. The van der Waals surface area contributed by atoms with Gasteiger partial charge in [-0.1, -0.05) is 18.2 Å². The molecule has 3 heterocycles. The summed E-state index contributed by atoms with van der Waals surface area (Å²) in [5, 5.41) is 1.41. The van der Waals surface area contributed by atoms with E-state index < -0.39 is 0 Å². The van der Waals surface area contributed by atoms with Crippen molar-refractivity contribution < 1.29 is 9.47 Å². The van der Waals surface area contributed by atoms with Gasteiger partial charge in [-0.15, -0.1) is 0 Å². The van der Waals surface area contributed by atoms with E-state index in [0.717, 1.165) is 13.2 Å². The number of hydrogen-bond donors (Lipinski definition) is 0. The zero-order valence-electron chi connectivity index (χ0n) is 13.9. The van der Waals surface area contributed by atoms with E-state index in [1.54, 1.807) is 0 Å². The number of piperidine rings is 1. The predicted octanol–water partition coefficient (Wildman–Crippen LogP) is 3.03. The van der Waals surface area contributed by atoms with E-state index >= 15 is 0 Å². The molecule has 0 saturated carbocycles. The SMILES string of the molecule is CN1CC[C@H]2C[C@@H]1c1c(n(C)c3ccccc13)[C@H]2C1OCCO1. The van der Waals surface area contributed by atoms with Crippen LogP contribution in [0.3, 0.4) is 0 Å². The van der Waals surface area contributed by atoms with Crippen LogP contribution in [0.2, 0.25) is 0 Å². The maximum absolute atomic E-state index is 5.97. The van der Waals surface area contributed by atoms with Crippen molar-refractivity contribution in [2.75, 3.05) is 26.8 Å². The fraction of sp³-hybridized carbons (Fsp3) is 0.579. The molecule has 122 valence electrons. The summed E-state index contributed by atoms with van der Waals surface area (Å²) in [6.07, 6.45) is 2.40. The summed E-state index contributed by atoms with van der Waals surface area (Å²) in [6, 6.07) is 9.36. The van der Waals surface area contributed by atoms with Gasteiger partial charge in [-0.05, 0) is 44.0 Å². The van der Waals surface area contributed by atoms with Crippen LogP contribution in [-0.2, 0) is 16.5 Å². The third kappa shape index (κ3) is 1.89. The quantitative estimate of drug-likeness (QED) is 0.810. The molecule has 3 aliphatic rings. The Bertz CT molecular complexity index is 747. The molecule has 2 aromatic rings. The van der Waals surface area contributed by atoms with Crippen molar-refractivity contribution in [1.82, 2.24) is 9.47 Å². The Kier molecular flexibility index (Phi) is 3.09. The fourth-order valence-corrected chi connectivity index (χ4v) is 5.13. The molecule has 23 heavy (non-hydrogen) atoms. The normalized spacial score (nSPS) is 31.7. The molecule has 2 fully saturated rings. The summed E-state index contributed by atoms with van der Waals surface area (Å²) in [5.74, 6) is 1.03. The van der Waals surface area contributed by atoms with Crippen LogP contribution >= 0.6 is 0 Å². The lowest BCUT2D eigenvalue weighted by Gasteiger charge is -2.46. The molecule has 1 aromatic carbocycles. The van der Waals surface area contributed by atoms with E-state index in [9.17, 15) is 0 Å². The Hall–Kier alpha value is -1.36. The van der Waals surface area contributed by atoms with Crippen molar-refractivity contribution in [2.24, 2.45) is 13.0 Å². The molecular formula is C19H24N2O2. The van der Waals surface area contributed by atoms with E-state index in [4.69, 9.17) is 9.47 Å². The maximum Gasteiger partial charge on any atom is 0.166 e. The van der Waals surface area contributed by atoms with E-state index in [-0.39, 0.29) is 6.29 Å². The lowest BCUT2D eigenvalue weighted by molar-refractivity contribution is -0.0880. The molecule has 4 nitrogen and oxygen atoms in total. The highest BCUT2D eigenvalue weighted by Crippen LogP contribution is 2.53. The molecule has 2 aliphatic heterocycles. The monoisotopic (exact) mass is 312 g/mol. The van der Waals surface area contributed by atoms with Gasteiger partial charge in [0.2, 0.25) is 0 Å². The first-order valence-electron chi connectivity index (χ1n) is 8.76. The average Bonchev–Trinajstić information content (AvgIpc) is 3.19. The Balaban J connectivity index is 1.77. The Morgan fingerprint density at radius 1 is 1.09 bits per heavy atom. The number of benzene rings is 1. The van der Waals surface area contributed by atoms with Crippen molar-refractivity contribution in [3.8, 4) is 0 Å². The second-order valence-corrected chi connectivity index (χ2v) is 7.29. The zero-order chi connectivity index (χ0) is 15.6. The van der Waals surface area contributed by atoms with Gasteiger partial charge in [0.25, 0.3) is 0 Å². The van der Waals surface area contributed by atoms with Crippen molar-refractivity contribution in [2.45, 2.75) is 31.1 Å². The van der Waals surface area contributed by atoms with Crippen LogP contribution in [0.5, 0.6) is 0 Å². The summed E-state index contributed by atoms with van der Waals surface area (Å²) in [5.41, 5.74) is 4.30. The molecule has 1 aromatic heterocycles. The Labute approximate surface area is 137 Å². The largest absolute Gasteiger partial charge is 0.350 e. The lowest BCUT2D eigenvalue weighted by Crippen LogP contribution is -2.43. The van der Waals surface area contributed by atoms with Crippen LogP contribution in [-0.4, -0.2) is 42.6 Å². The van der Waals surface area contributed by atoms with Gasteiger partial charge < -0.3 is 14.0 Å². The highest BCUT2D eigenvalue weighted by Gasteiger charge is 2.47. The number of nitrogens with zero attached hydrogens (tertiary/aromatic N) is 2. The summed E-state index contributed by atoms with van der Waals surface area (Å²) < 4.78 is 14.3. The van der Waals surface area contributed by atoms with E-state index in [1.165, 1.54) is 41.5 Å². The summed E-state index contributed by atoms with van der Waals surface area (Å²) >= 11 is 0. The molecule has 4 heteroatoms. The molecule has 5 rings (SSSR count). The van der Waals surface area contributed by atoms with Crippen LogP contribution in [0.15, 0.2) is 24.3 Å². The fourth-order valence-electron chi connectivity index (χ4n) is 5.13. The Morgan fingerprint density at radius 3 is 2.70 bits per heavy atom. The van der Waals surface area contributed by atoms with Crippen LogP contribution in [0.4, 0.5) is 0 Å². The number of fused-ring (bicyclic) bond motifs is 6. The first kappa shape index (κ1) is 14.0. The number of aromatic nitrogens is 1. The number of ether oxygens (including phenoxy) is 2. The lowest BCUT2D eigenvalue weighted by atomic mass is 9.71. The summed E-state index contributed by atoms with van der Waals surface area (Å²) in [4.78, 5) is 2.54. The van der Waals surface area contributed by atoms with Gasteiger partial charge >= 0.3 is 0 Å². The Morgan fingerprint density at radius 2 is 1.87 bits per heavy atom. The van der Waals surface area contributed by atoms with Crippen LogP contribution < -0.4 is 0 Å². The van der Waals surface area contributed by atoms with Gasteiger partial charge in [-0.3, -0.25) is 4.90 Å². The topological polar surface area (TPSA) is 26.6 Å².